The van der Waals surface area contributed by atoms with E-state index in [0.29, 0.717) is 53.8 Å². The fraction of sp³-hybridized carbons (Fsp3) is 0.348. The predicted molar refractivity (Wildman–Crippen MR) is 124 cm³/mol. The Morgan fingerprint density at radius 1 is 0.909 bits per heavy atom. The lowest BCUT2D eigenvalue weighted by atomic mass is 10.2. The number of carbonyl (C=O) groups excluding carboxylic acids is 3. The third-order valence-corrected chi connectivity index (χ3v) is 5.51. The number of hydrogen-bond acceptors (Lipinski definition) is 6. The minimum absolute atomic E-state index is 0.0778. The van der Waals surface area contributed by atoms with Gasteiger partial charge in [0.15, 0.2) is 11.5 Å². The first-order valence-corrected chi connectivity index (χ1v) is 10.9. The number of nitrogens with zero attached hydrogens (tertiary/aromatic N) is 2. The first kappa shape index (κ1) is 24.3. The molecule has 176 valence electrons. The molecule has 0 aromatic heterocycles. The van der Waals surface area contributed by atoms with Crippen molar-refractivity contribution < 1.29 is 23.9 Å². The summed E-state index contributed by atoms with van der Waals surface area (Å²) < 4.78 is 10.3. The van der Waals surface area contributed by atoms with Gasteiger partial charge < -0.3 is 14.4 Å². The van der Waals surface area contributed by atoms with Crippen LogP contribution in [0.25, 0.3) is 0 Å². The third kappa shape index (κ3) is 6.59. The Labute approximate surface area is 197 Å². The Balaban J connectivity index is 1.48. The van der Waals surface area contributed by atoms with Crippen molar-refractivity contribution in [2.45, 2.75) is 6.42 Å². The molecule has 2 N–H and O–H groups in total. The van der Waals surface area contributed by atoms with E-state index in [1.807, 2.05) is 4.90 Å². The third-order valence-electron chi connectivity index (χ3n) is 5.28. The SMILES string of the molecule is COc1ccc(C(=O)NNC(=O)CN2CCCN(C(=O)c3cccc(Cl)c3)CC2)cc1OC. The van der Waals surface area contributed by atoms with E-state index in [4.69, 9.17) is 21.1 Å². The van der Waals surface area contributed by atoms with Crippen molar-refractivity contribution in [2.75, 3.05) is 46.9 Å². The smallest absolute Gasteiger partial charge is 0.269 e. The Morgan fingerprint density at radius 3 is 2.42 bits per heavy atom. The molecule has 9 nitrogen and oxygen atoms in total. The Morgan fingerprint density at radius 2 is 1.70 bits per heavy atom. The molecule has 0 spiro atoms. The van der Waals surface area contributed by atoms with Crippen LogP contribution < -0.4 is 20.3 Å². The van der Waals surface area contributed by atoms with E-state index in [0.717, 1.165) is 6.42 Å². The van der Waals surface area contributed by atoms with E-state index in [1.54, 1.807) is 41.3 Å². The molecule has 3 amide bonds. The molecule has 10 heteroatoms. The molecule has 1 aliphatic heterocycles. The van der Waals surface area contributed by atoms with E-state index in [9.17, 15) is 14.4 Å². The topological polar surface area (TPSA) is 100 Å². The molecule has 0 unspecified atom stereocenters. The molecule has 1 fully saturated rings. The maximum atomic E-state index is 12.7. The molecule has 3 rings (SSSR count). The van der Waals surface area contributed by atoms with Crippen LogP contribution in [0.4, 0.5) is 0 Å². The van der Waals surface area contributed by atoms with Crippen LogP contribution in [0.5, 0.6) is 11.5 Å². The van der Waals surface area contributed by atoms with Crippen LogP contribution >= 0.6 is 11.6 Å². The van der Waals surface area contributed by atoms with Crippen LogP contribution in [0.15, 0.2) is 42.5 Å². The van der Waals surface area contributed by atoms with Crippen LogP contribution in [0, 0.1) is 0 Å². The second-order valence-corrected chi connectivity index (χ2v) is 7.94. The molecular weight excluding hydrogens is 448 g/mol. The van der Waals surface area contributed by atoms with Crippen LogP contribution in [0.2, 0.25) is 5.02 Å². The van der Waals surface area contributed by atoms with Crippen molar-refractivity contribution >= 4 is 29.3 Å². The highest BCUT2D eigenvalue weighted by Gasteiger charge is 2.22. The van der Waals surface area contributed by atoms with E-state index in [-0.39, 0.29) is 18.4 Å². The summed E-state index contributed by atoms with van der Waals surface area (Å²) in [7, 11) is 2.99. The summed E-state index contributed by atoms with van der Waals surface area (Å²) in [5.74, 6) is 0.0166. The molecular formula is C23H27ClN4O5. The number of hydrogen-bond donors (Lipinski definition) is 2. The molecule has 33 heavy (non-hydrogen) atoms. The van der Waals surface area contributed by atoms with Gasteiger partial charge >= 0.3 is 0 Å². The van der Waals surface area contributed by atoms with Gasteiger partial charge in [-0.25, -0.2) is 0 Å². The Hall–Kier alpha value is -3.30. The van der Waals surface area contributed by atoms with Gasteiger partial charge in [-0.15, -0.1) is 0 Å². The van der Waals surface area contributed by atoms with Gasteiger partial charge in [0.25, 0.3) is 17.7 Å². The molecule has 0 saturated carbocycles. The minimum Gasteiger partial charge on any atom is -0.493 e. The minimum atomic E-state index is -0.474. The molecule has 0 atom stereocenters. The number of halogens is 1. The summed E-state index contributed by atoms with van der Waals surface area (Å²) in [6.07, 6.45) is 0.734. The fourth-order valence-electron chi connectivity index (χ4n) is 3.55. The van der Waals surface area contributed by atoms with Crippen LogP contribution in [0.3, 0.4) is 0 Å². The number of nitrogens with one attached hydrogen (secondary N) is 2. The fourth-order valence-corrected chi connectivity index (χ4v) is 3.75. The maximum absolute atomic E-state index is 12.7. The van der Waals surface area contributed by atoms with Gasteiger partial charge in [0.2, 0.25) is 0 Å². The van der Waals surface area contributed by atoms with Crippen molar-refractivity contribution in [1.82, 2.24) is 20.7 Å². The van der Waals surface area contributed by atoms with Crippen molar-refractivity contribution in [2.24, 2.45) is 0 Å². The number of carbonyl (C=O) groups is 3. The van der Waals surface area contributed by atoms with Gasteiger partial charge in [0, 0.05) is 42.3 Å². The van der Waals surface area contributed by atoms with E-state index >= 15 is 0 Å². The van der Waals surface area contributed by atoms with Crippen LogP contribution in [-0.2, 0) is 4.79 Å². The largest absolute Gasteiger partial charge is 0.493 e. The summed E-state index contributed by atoms with van der Waals surface area (Å²) in [5.41, 5.74) is 5.71. The van der Waals surface area contributed by atoms with Gasteiger partial charge in [-0.05, 0) is 42.8 Å². The van der Waals surface area contributed by atoms with Gasteiger partial charge in [-0.1, -0.05) is 17.7 Å². The molecule has 1 heterocycles. The van der Waals surface area contributed by atoms with Crippen molar-refractivity contribution in [3.63, 3.8) is 0 Å². The van der Waals surface area contributed by atoms with Gasteiger partial charge in [-0.3, -0.25) is 30.1 Å². The summed E-state index contributed by atoms with van der Waals surface area (Å²) in [6.45, 7) is 2.40. The van der Waals surface area contributed by atoms with Gasteiger partial charge in [-0.2, -0.15) is 0 Å². The van der Waals surface area contributed by atoms with Crippen molar-refractivity contribution in [1.29, 1.82) is 0 Å². The van der Waals surface area contributed by atoms with E-state index < -0.39 is 5.91 Å². The lowest BCUT2D eigenvalue weighted by Crippen LogP contribution is -2.47. The number of amides is 3. The van der Waals surface area contributed by atoms with Gasteiger partial charge in [0.1, 0.15) is 0 Å². The second kappa shape index (κ2) is 11.5. The first-order chi connectivity index (χ1) is 15.9. The highest BCUT2D eigenvalue weighted by atomic mass is 35.5. The molecule has 2 aromatic carbocycles. The molecule has 1 aliphatic rings. The Bertz CT molecular complexity index is 1020. The maximum Gasteiger partial charge on any atom is 0.269 e. The normalized spacial score (nSPS) is 14.2. The quantitative estimate of drug-likeness (QED) is 0.621. The number of benzene rings is 2. The summed E-state index contributed by atoms with van der Waals surface area (Å²) in [4.78, 5) is 41.2. The average molecular weight is 475 g/mol. The lowest BCUT2D eigenvalue weighted by molar-refractivity contribution is -0.123. The highest BCUT2D eigenvalue weighted by molar-refractivity contribution is 6.30. The lowest BCUT2D eigenvalue weighted by Gasteiger charge is -2.22. The van der Waals surface area contributed by atoms with Crippen molar-refractivity contribution in [3.05, 3.63) is 58.6 Å². The standard InChI is InChI=1S/C23H27ClN4O5/c1-32-19-8-7-16(14-20(19)33-2)22(30)26-25-21(29)15-27-9-4-10-28(12-11-27)23(31)17-5-3-6-18(24)13-17/h3,5-8,13-14H,4,9-12,15H2,1-2H3,(H,25,29)(H,26,30). The molecule has 0 radical (unpaired) electrons. The molecule has 0 aliphatic carbocycles. The second-order valence-electron chi connectivity index (χ2n) is 7.50. The number of rotatable bonds is 6. The first-order valence-electron chi connectivity index (χ1n) is 10.5. The van der Waals surface area contributed by atoms with E-state index in [1.165, 1.54) is 20.3 Å². The predicted octanol–water partition coefficient (Wildman–Crippen LogP) is 1.97. The summed E-state index contributed by atoms with van der Waals surface area (Å²) in [6, 6.07) is 11.6. The zero-order valence-electron chi connectivity index (χ0n) is 18.6. The zero-order chi connectivity index (χ0) is 23.8. The van der Waals surface area contributed by atoms with Gasteiger partial charge in [0.05, 0.1) is 20.8 Å². The number of hydrazine groups is 1. The molecule has 1 saturated heterocycles. The zero-order valence-corrected chi connectivity index (χ0v) is 19.4. The van der Waals surface area contributed by atoms with Crippen LogP contribution in [0.1, 0.15) is 27.1 Å². The summed E-state index contributed by atoms with van der Waals surface area (Å²) >= 11 is 6.00. The average Bonchev–Trinajstić information content (AvgIpc) is 3.07. The van der Waals surface area contributed by atoms with E-state index in [2.05, 4.69) is 10.9 Å². The highest BCUT2D eigenvalue weighted by Crippen LogP contribution is 2.27. The van der Waals surface area contributed by atoms with Crippen molar-refractivity contribution in [3.8, 4) is 11.5 Å². The summed E-state index contributed by atoms with van der Waals surface area (Å²) in [5, 5.41) is 0.518. The monoisotopic (exact) mass is 474 g/mol. The van der Waals surface area contributed by atoms with Crippen LogP contribution in [-0.4, -0.2) is 74.5 Å². The molecule has 2 aromatic rings. The number of ether oxygens (including phenoxy) is 2. The number of methoxy groups -OCH3 is 2. The molecule has 0 bridgehead atoms. The Kier molecular flexibility index (Phi) is 8.51.